The molecule has 31 heavy (non-hydrogen) atoms. The highest BCUT2D eigenvalue weighted by molar-refractivity contribution is 7.89. The van der Waals surface area contributed by atoms with Gasteiger partial charge < -0.3 is 0 Å². The van der Waals surface area contributed by atoms with Gasteiger partial charge in [0.25, 0.3) is 0 Å². The summed E-state index contributed by atoms with van der Waals surface area (Å²) in [6.45, 7) is 4.23. The summed E-state index contributed by atoms with van der Waals surface area (Å²) in [6.07, 6.45) is 3.11. The Balaban J connectivity index is 0.00000231. The van der Waals surface area contributed by atoms with Gasteiger partial charge in [0.15, 0.2) is 0 Å². The van der Waals surface area contributed by atoms with Crippen LogP contribution in [0.1, 0.15) is 24.0 Å². The molecule has 0 N–H and O–H groups in total. The molecule has 0 bridgehead atoms. The van der Waals surface area contributed by atoms with Crippen LogP contribution in [0.15, 0.2) is 71.6 Å². The first-order valence-corrected chi connectivity index (χ1v) is 12.3. The summed E-state index contributed by atoms with van der Waals surface area (Å²) >= 11 is 0. The summed E-state index contributed by atoms with van der Waals surface area (Å²) in [7, 11) is -3.50. The molecule has 1 saturated heterocycles. The fraction of sp³-hybridized carbons (Fsp3) is 0.360. The standard InChI is InChI=1S/C25H28N2O2S.ClH/c28-30(29,25-13-5-11-22-9-3-4-12-24(22)25)27-15-6-7-20(18-27)17-26-16-14-21-8-1-2-10-23(21)19-26;/h1-5,8-13,20H,6-7,14-19H2;1H. The zero-order valence-corrected chi connectivity index (χ0v) is 19.2. The van der Waals surface area contributed by atoms with E-state index in [1.807, 2.05) is 36.4 Å². The molecule has 164 valence electrons. The van der Waals surface area contributed by atoms with Crippen LogP contribution in [0.4, 0.5) is 0 Å². The highest BCUT2D eigenvalue weighted by Crippen LogP contribution is 2.30. The van der Waals surface area contributed by atoms with Crippen LogP contribution in [-0.4, -0.2) is 43.8 Å². The molecule has 0 aromatic heterocycles. The molecule has 1 atom stereocenters. The van der Waals surface area contributed by atoms with Crippen LogP contribution in [0, 0.1) is 5.92 Å². The van der Waals surface area contributed by atoms with Gasteiger partial charge in [-0.3, -0.25) is 4.90 Å². The molecule has 2 heterocycles. The van der Waals surface area contributed by atoms with E-state index in [0.717, 1.165) is 49.7 Å². The predicted molar refractivity (Wildman–Crippen MR) is 128 cm³/mol. The van der Waals surface area contributed by atoms with Crippen LogP contribution >= 0.6 is 12.4 Å². The minimum absolute atomic E-state index is 0. The minimum atomic E-state index is -3.50. The summed E-state index contributed by atoms with van der Waals surface area (Å²) in [5, 5.41) is 1.79. The Kier molecular flexibility index (Phi) is 6.68. The molecule has 5 rings (SSSR count). The Hall–Kier alpha value is -1.92. The van der Waals surface area contributed by atoms with Gasteiger partial charge in [-0.1, -0.05) is 60.7 Å². The van der Waals surface area contributed by atoms with Crippen molar-refractivity contribution in [3.63, 3.8) is 0 Å². The molecule has 1 fully saturated rings. The van der Waals surface area contributed by atoms with Crippen molar-refractivity contribution in [3.05, 3.63) is 77.9 Å². The highest BCUT2D eigenvalue weighted by atomic mass is 35.5. The van der Waals surface area contributed by atoms with Crippen molar-refractivity contribution in [2.24, 2.45) is 5.92 Å². The average Bonchev–Trinajstić information content (AvgIpc) is 2.79. The number of sulfonamides is 1. The van der Waals surface area contributed by atoms with Crippen molar-refractivity contribution in [3.8, 4) is 0 Å². The Labute approximate surface area is 191 Å². The topological polar surface area (TPSA) is 40.6 Å². The number of nitrogens with zero attached hydrogens (tertiary/aromatic N) is 2. The second-order valence-electron chi connectivity index (χ2n) is 8.60. The predicted octanol–water partition coefficient (Wildman–Crippen LogP) is 4.72. The third-order valence-corrected chi connectivity index (χ3v) is 8.50. The van der Waals surface area contributed by atoms with Gasteiger partial charge in [0.2, 0.25) is 10.0 Å². The van der Waals surface area contributed by atoms with E-state index in [1.54, 1.807) is 10.4 Å². The van der Waals surface area contributed by atoms with E-state index in [9.17, 15) is 8.42 Å². The number of halogens is 1. The van der Waals surface area contributed by atoms with Crippen LogP contribution < -0.4 is 0 Å². The van der Waals surface area contributed by atoms with E-state index in [2.05, 4.69) is 29.2 Å². The SMILES string of the molecule is Cl.O=S(=O)(c1cccc2ccccc12)N1CCCC(CN2CCc3ccccc3C2)C1. The van der Waals surface area contributed by atoms with Gasteiger partial charge in [-0.15, -0.1) is 12.4 Å². The third kappa shape index (κ3) is 4.51. The zero-order chi connectivity index (χ0) is 20.6. The second-order valence-corrected chi connectivity index (χ2v) is 10.5. The maximum absolute atomic E-state index is 13.5. The average molecular weight is 457 g/mol. The van der Waals surface area contributed by atoms with E-state index in [4.69, 9.17) is 0 Å². The first-order chi connectivity index (χ1) is 14.6. The lowest BCUT2D eigenvalue weighted by Gasteiger charge is -2.36. The lowest BCUT2D eigenvalue weighted by molar-refractivity contribution is 0.167. The quantitative estimate of drug-likeness (QED) is 0.570. The van der Waals surface area contributed by atoms with Gasteiger partial charge in [-0.2, -0.15) is 4.31 Å². The van der Waals surface area contributed by atoms with Crippen molar-refractivity contribution in [2.45, 2.75) is 30.7 Å². The molecule has 6 heteroatoms. The lowest BCUT2D eigenvalue weighted by Crippen LogP contribution is -2.44. The molecule has 1 unspecified atom stereocenters. The van der Waals surface area contributed by atoms with Crippen LogP contribution in [0.2, 0.25) is 0 Å². The molecule has 0 amide bonds. The molecular weight excluding hydrogens is 428 g/mol. The summed E-state index contributed by atoms with van der Waals surface area (Å²) in [6, 6.07) is 22.0. The maximum Gasteiger partial charge on any atom is 0.243 e. The van der Waals surface area contributed by atoms with Crippen molar-refractivity contribution in [1.29, 1.82) is 0 Å². The van der Waals surface area contributed by atoms with E-state index >= 15 is 0 Å². The van der Waals surface area contributed by atoms with Crippen molar-refractivity contribution in [1.82, 2.24) is 9.21 Å². The van der Waals surface area contributed by atoms with E-state index in [0.29, 0.717) is 23.9 Å². The molecule has 0 saturated carbocycles. The van der Waals surface area contributed by atoms with Crippen LogP contribution in [0.3, 0.4) is 0 Å². The summed E-state index contributed by atoms with van der Waals surface area (Å²) in [5.41, 5.74) is 2.87. The highest BCUT2D eigenvalue weighted by Gasteiger charge is 2.32. The number of fused-ring (bicyclic) bond motifs is 2. The zero-order valence-electron chi connectivity index (χ0n) is 17.6. The van der Waals surface area contributed by atoms with Crippen LogP contribution in [0.25, 0.3) is 10.8 Å². The number of hydrogen-bond donors (Lipinski definition) is 0. The first-order valence-electron chi connectivity index (χ1n) is 10.9. The monoisotopic (exact) mass is 456 g/mol. The number of piperidine rings is 1. The fourth-order valence-electron chi connectivity index (χ4n) is 5.03. The molecule has 4 nitrogen and oxygen atoms in total. The first kappa shape index (κ1) is 22.3. The van der Waals surface area contributed by atoms with Gasteiger partial charge in [-0.25, -0.2) is 8.42 Å². The Bertz CT molecular complexity index is 1160. The van der Waals surface area contributed by atoms with E-state index in [1.165, 1.54) is 11.1 Å². The number of rotatable bonds is 4. The molecule has 0 spiro atoms. The van der Waals surface area contributed by atoms with E-state index < -0.39 is 10.0 Å². The summed E-state index contributed by atoms with van der Waals surface area (Å²) in [4.78, 5) is 2.94. The normalized spacial score (nSPS) is 20.2. The lowest BCUT2D eigenvalue weighted by atomic mass is 9.95. The fourth-order valence-corrected chi connectivity index (χ4v) is 6.80. The molecule has 3 aromatic rings. The van der Waals surface area contributed by atoms with Gasteiger partial charge in [0.05, 0.1) is 4.90 Å². The van der Waals surface area contributed by atoms with E-state index in [-0.39, 0.29) is 12.4 Å². The molecule has 0 aliphatic carbocycles. The van der Waals surface area contributed by atoms with Gasteiger partial charge in [0.1, 0.15) is 0 Å². The Morgan fingerprint density at radius 3 is 2.48 bits per heavy atom. The van der Waals surface area contributed by atoms with Crippen LogP contribution in [0.5, 0.6) is 0 Å². The number of benzene rings is 3. The van der Waals surface area contributed by atoms with Crippen molar-refractivity contribution < 1.29 is 8.42 Å². The summed E-state index contributed by atoms with van der Waals surface area (Å²) < 4.78 is 28.8. The second kappa shape index (κ2) is 9.29. The van der Waals surface area contributed by atoms with Gasteiger partial charge in [-0.05, 0) is 47.8 Å². The molecule has 2 aliphatic heterocycles. The van der Waals surface area contributed by atoms with Crippen molar-refractivity contribution in [2.75, 3.05) is 26.2 Å². The Morgan fingerprint density at radius 2 is 1.61 bits per heavy atom. The minimum Gasteiger partial charge on any atom is -0.298 e. The largest absolute Gasteiger partial charge is 0.298 e. The molecule has 3 aromatic carbocycles. The molecular formula is C25H29ClN2O2S. The van der Waals surface area contributed by atoms with Gasteiger partial charge >= 0.3 is 0 Å². The van der Waals surface area contributed by atoms with Crippen molar-refractivity contribution >= 4 is 33.2 Å². The van der Waals surface area contributed by atoms with Crippen LogP contribution in [-0.2, 0) is 23.0 Å². The molecule has 2 aliphatic rings. The maximum atomic E-state index is 13.5. The third-order valence-electron chi connectivity index (χ3n) is 6.58. The smallest absolute Gasteiger partial charge is 0.243 e. The Morgan fingerprint density at radius 1 is 0.871 bits per heavy atom. The summed E-state index contributed by atoms with van der Waals surface area (Å²) in [5.74, 6) is 0.383. The number of hydrogen-bond acceptors (Lipinski definition) is 3. The molecule has 0 radical (unpaired) electrons. The van der Waals surface area contributed by atoms with Gasteiger partial charge in [0, 0.05) is 38.1 Å².